The zero-order valence-electron chi connectivity index (χ0n) is 13.8. The van der Waals surface area contributed by atoms with Crippen molar-refractivity contribution in [2.24, 2.45) is 5.14 Å². The van der Waals surface area contributed by atoms with Crippen LogP contribution in [-0.2, 0) is 16.2 Å². The van der Waals surface area contributed by atoms with Gasteiger partial charge in [0, 0.05) is 5.56 Å². The number of methoxy groups -OCH3 is 1. The molecular weight excluding hydrogens is 385 g/mol. The smallest absolute Gasteiger partial charge is 0.453 e. The number of sulfonamides is 1. The fraction of sp³-hybridized carbons (Fsp3) is 0.125. The lowest BCUT2D eigenvalue weighted by molar-refractivity contribution is -0.144. The maximum Gasteiger partial charge on any atom is 0.453 e. The van der Waals surface area contributed by atoms with E-state index in [1.54, 1.807) is 18.2 Å². The van der Waals surface area contributed by atoms with Crippen LogP contribution in [0.3, 0.4) is 0 Å². The van der Waals surface area contributed by atoms with Gasteiger partial charge in [0.1, 0.15) is 5.75 Å². The highest BCUT2D eigenvalue weighted by Crippen LogP contribution is 2.31. The number of rotatable bonds is 4. The van der Waals surface area contributed by atoms with Crippen LogP contribution in [0.4, 0.5) is 13.2 Å². The molecule has 0 unspecified atom stereocenters. The van der Waals surface area contributed by atoms with Gasteiger partial charge in [-0.25, -0.2) is 23.2 Å². The van der Waals surface area contributed by atoms with Gasteiger partial charge in [0.05, 0.1) is 17.7 Å². The molecule has 0 saturated carbocycles. The van der Waals surface area contributed by atoms with Crippen LogP contribution in [0.5, 0.6) is 5.75 Å². The number of alkyl halides is 3. The molecule has 2 N–H and O–H groups in total. The lowest BCUT2D eigenvalue weighted by atomic mass is 10.2. The number of aromatic nitrogens is 3. The minimum Gasteiger partial charge on any atom is -0.497 e. The lowest BCUT2D eigenvalue weighted by Crippen LogP contribution is -2.12. The van der Waals surface area contributed by atoms with Crippen LogP contribution in [-0.4, -0.2) is 30.3 Å². The van der Waals surface area contributed by atoms with E-state index in [1.165, 1.54) is 37.4 Å². The Morgan fingerprint density at radius 2 is 1.78 bits per heavy atom. The SMILES string of the molecule is COc1cccc(-c2nc(C(F)(F)F)nn2-c2ccc(S(N)(=O)=O)cc2)c1. The third-order valence-corrected chi connectivity index (χ3v) is 4.53. The summed E-state index contributed by atoms with van der Waals surface area (Å²) in [6.07, 6.45) is -4.75. The van der Waals surface area contributed by atoms with Crippen molar-refractivity contribution in [2.75, 3.05) is 7.11 Å². The Labute approximate surface area is 152 Å². The van der Waals surface area contributed by atoms with Crippen molar-refractivity contribution in [1.29, 1.82) is 0 Å². The van der Waals surface area contributed by atoms with E-state index in [0.29, 0.717) is 11.3 Å². The standard InChI is InChI=1S/C16H13F3N4O3S/c1-26-12-4-2-3-10(9-12)14-21-15(16(17,18)19)22-23(14)11-5-7-13(8-6-11)27(20,24)25/h2-9H,1H3,(H2,20,24,25). The highest BCUT2D eigenvalue weighted by Gasteiger charge is 2.37. The Morgan fingerprint density at radius 3 is 2.33 bits per heavy atom. The molecule has 142 valence electrons. The van der Waals surface area contributed by atoms with Gasteiger partial charge in [0.2, 0.25) is 10.0 Å². The molecule has 7 nitrogen and oxygen atoms in total. The zero-order valence-corrected chi connectivity index (χ0v) is 14.6. The molecule has 27 heavy (non-hydrogen) atoms. The van der Waals surface area contributed by atoms with E-state index < -0.39 is 22.0 Å². The second-order valence-corrected chi connectivity index (χ2v) is 7.00. The summed E-state index contributed by atoms with van der Waals surface area (Å²) >= 11 is 0. The van der Waals surface area contributed by atoms with E-state index in [-0.39, 0.29) is 16.4 Å². The summed E-state index contributed by atoms with van der Waals surface area (Å²) < 4.78 is 68.1. The van der Waals surface area contributed by atoms with E-state index in [9.17, 15) is 21.6 Å². The summed E-state index contributed by atoms with van der Waals surface area (Å²) in [5.74, 6) is -0.972. The minimum atomic E-state index is -4.75. The highest BCUT2D eigenvalue weighted by atomic mass is 32.2. The van der Waals surface area contributed by atoms with Gasteiger partial charge in [-0.3, -0.25) is 0 Å². The fourth-order valence-electron chi connectivity index (χ4n) is 2.34. The Balaban J connectivity index is 2.17. The summed E-state index contributed by atoms with van der Waals surface area (Å²) in [4.78, 5) is 3.43. The van der Waals surface area contributed by atoms with E-state index in [4.69, 9.17) is 9.88 Å². The third-order valence-electron chi connectivity index (χ3n) is 3.60. The molecule has 0 atom stereocenters. The van der Waals surface area contributed by atoms with Crippen LogP contribution in [0, 0.1) is 0 Å². The lowest BCUT2D eigenvalue weighted by Gasteiger charge is -2.08. The first-order valence-electron chi connectivity index (χ1n) is 7.41. The fourth-order valence-corrected chi connectivity index (χ4v) is 2.85. The number of nitrogens with two attached hydrogens (primary N) is 1. The predicted octanol–water partition coefficient (Wildman–Crippen LogP) is 2.61. The summed E-state index contributed by atoms with van der Waals surface area (Å²) in [5.41, 5.74) is 0.524. The Bertz CT molecular complexity index is 1080. The maximum absolute atomic E-state index is 13.1. The van der Waals surface area contributed by atoms with Crippen molar-refractivity contribution in [3.8, 4) is 22.8 Å². The number of benzene rings is 2. The van der Waals surface area contributed by atoms with Gasteiger partial charge in [-0.15, -0.1) is 5.10 Å². The molecule has 0 spiro atoms. The van der Waals surface area contributed by atoms with Gasteiger partial charge in [-0.1, -0.05) is 12.1 Å². The van der Waals surface area contributed by atoms with E-state index >= 15 is 0 Å². The first kappa shape index (κ1) is 18.9. The summed E-state index contributed by atoms with van der Waals surface area (Å²) in [6.45, 7) is 0. The number of hydrogen-bond acceptors (Lipinski definition) is 5. The second kappa shape index (κ2) is 6.67. The van der Waals surface area contributed by atoms with Crippen LogP contribution in [0.15, 0.2) is 53.4 Å². The molecule has 0 aliphatic carbocycles. The normalized spacial score (nSPS) is 12.2. The first-order chi connectivity index (χ1) is 12.6. The summed E-state index contributed by atoms with van der Waals surface area (Å²) in [7, 11) is -2.51. The van der Waals surface area contributed by atoms with E-state index in [2.05, 4.69) is 10.1 Å². The number of nitrogens with zero attached hydrogens (tertiary/aromatic N) is 3. The quantitative estimate of drug-likeness (QED) is 0.728. The molecule has 0 aliphatic heterocycles. The molecule has 0 radical (unpaired) electrons. The number of hydrogen-bond donors (Lipinski definition) is 1. The van der Waals surface area contributed by atoms with Gasteiger partial charge < -0.3 is 4.74 Å². The summed E-state index contributed by atoms with van der Waals surface area (Å²) in [6, 6.07) is 11.2. The third kappa shape index (κ3) is 3.93. The molecule has 0 aliphatic rings. The number of primary sulfonamides is 1. The Kier molecular flexibility index (Phi) is 4.66. The molecule has 11 heteroatoms. The monoisotopic (exact) mass is 398 g/mol. The highest BCUT2D eigenvalue weighted by molar-refractivity contribution is 7.89. The first-order valence-corrected chi connectivity index (χ1v) is 8.96. The van der Waals surface area contributed by atoms with Crippen molar-refractivity contribution in [1.82, 2.24) is 14.8 Å². The molecule has 1 heterocycles. The van der Waals surface area contributed by atoms with Crippen molar-refractivity contribution in [2.45, 2.75) is 11.1 Å². The van der Waals surface area contributed by atoms with Gasteiger partial charge in [0.25, 0.3) is 5.82 Å². The van der Waals surface area contributed by atoms with Crippen molar-refractivity contribution in [3.05, 3.63) is 54.4 Å². The average Bonchev–Trinajstić information content (AvgIpc) is 3.07. The zero-order chi connectivity index (χ0) is 19.8. The molecule has 1 aromatic heterocycles. The van der Waals surface area contributed by atoms with Crippen molar-refractivity contribution < 1.29 is 26.3 Å². The summed E-state index contributed by atoms with van der Waals surface area (Å²) in [5, 5.41) is 8.57. The van der Waals surface area contributed by atoms with Crippen LogP contribution in [0.2, 0.25) is 0 Å². The van der Waals surface area contributed by atoms with E-state index in [0.717, 1.165) is 4.68 Å². The molecule has 0 fully saturated rings. The van der Waals surface area contributed by atoms with Crippen LogP contribution in [0.25, 0.3) is 17.1 Å². The molecular formula is C16H13F3N4O3S. The van der Waals surface area contributed by atoms with Crippen molar-refractivity contribution in [3.63, 3.8) is 0 Å². The Morgan fingerprint density at radius 1 is 1.11 bits per heavy atom. The van der Waals surface area contributed by atoms with Crippen molar-refractivity contribution >= 4 is 10.0 Å². The average molecular weight is 398 g/mol. The molecule has 3 aromatic rings. The molecule has 0 saturated heterocycles. The Hall–Kier alpha value is -2.92. The number of ether oxygens (including phenoxy) is 1. The van der Waals surface area contributed by atoms with Gasteiger partial charge in [0.15, 0.2) is 5.82 Å². The second-order valence-electron chi connectivity index (χ2n) is 5.44. The van der Waals surface area contributed by atoms with E-state index in [1.807, 2.05) is 0 Å². The number of halogens is 3. The molecule has 3 rings (SSSR count). The van der Waals surface area contributed by atoms with Gasteiger partial charge in [-0.2, -0.15) is 13.2 Å². The molecule has 0 bridgehead atoms. The topological polar surface area (TPSA) is 100 Å². The molecule has 0 amide bonds. The molecule has 2 aromatic carbocycles. The largest absolute Gasteiger partial charge is 0.497 e. The van der Waals surface area contributed by atoms with Crippen LogP contribution in [0.1, 0.15) is 5.82 Å². The minimum absolute atomic E-state index is 0.0791. The van der Waals surface area contributed by atoms with Gasteiger partial charge in [-0.05, 0) is 36.4 Å². The van der Waals surface area contributed by atoms with Gasteiger partial charge >= 0.3 is 6.18 Å². The predicted molar refractivity (Wildman–Crippen MR) is 89.7 cm³/mol. The maximum atomic E-state index is 13.1. The van der Waals surface area contributed by atoms with Crippen LogP contribution < -0.4 is 9.88 Å². The van der Waals surface area contributed by atoms with Crippen LogP contribution >= 0.6 is 0 Å².